The highest BCUT2D eigenvalue weighted by molar-refractivity contribution is 5.80. The van der Waals surface area contributed by atoms with Crippen LogP contribution in [-0.2, 0) is 22.4 Å². The second-order valence-corrected chi connectivity index (χ2v) is 6.53. The first-order valence-electron chi connectivity index (χ1n) is 7.99. The number of rotatable bonds is 2. The van der Waals surface area contributed by atoms with E-state index in [9.17, 15) is 4.79 Å². The summed E-state index contributed by atoms with van der Waals surface area (Å²) in [6, 6.07) is 0.275. The van der Waals surface area contributed by atoms with Gasteiger partial charge in [-0.2, -0.15) is 0 Å². The zero-order valence-electron chi connectivity index (χ0n) is 13.0. The van der Waals surface area contributed by atoms with Crippen molar-refractivity contribution in [3.05, 3.63) is 17.2 Å². The van der Waals surface area contributed by atoms with Crippen LogP contribution in [0.25, 0.3) is 0 Å². The summed E-state index contributed by atoms with van der Waals surface area (Å²) >= 11 is 0. The fourth-order valence-electron chi connectivity index (χ4n) is 4.07. The number of fused-ring (bicyclic) bond motifs is 1. The van der Waals surface area contributed by atoms with E-state index < -0.39 is 5.54 Å². The van der Waals surface area contributed by atoms with Gasteiger partial charge in [-0.1, -0.05) is 0 Å². The van der Waals surface area contributed by atoms with Crippen molar-refractivity contribution in [2.45, 2.75) is 69.9 Å². The maximum Gasteiger partial charge on any atom is 0.325 e. The van der Waals surface area contributed by atoms with Crippen molar-refractivity contribution in [1.82, 2.24) is 9.55 Å². The molecule has 0 saturated heterocycles. The maximum absolute atomic E-state index is 12.0. The number of hydrogen-bond acceptors (Lipinski definition) is 4. The van der Waals surface area contributed by atoms with Gasteiger partial charge in [0.2, 0.25) is 0 Å². The molecule has 2 aliphatic carbocycles. The molecular weight excluding hydrogens is 266 g/mol. The quantitative estimate of drug-likeness (QED) is 0.847. The van der Waals surface area contributed by atoms with Gasteiger partial charge in [-0.3, -0.25) is 4.79 Å². The fraction of sp³-hybridized carbons (Fsp3) is 0.750. The average Bonchev–Trinajstić information content (AvgIpc) is 2.82. The van der Waals surface area contributed by atoms with Gasteiger partial charge in [0.05, 0.1) is 12.8 Å². The predicted molar refractivity (Wildman–Crippen MR) is 80.0 cm³/mol. The van der Waals surface area contributed by atoms with E-state index in [1.165, 1.54) is 31.3 Å². The SMILES string of the molecule is COC(=O)C1(N)CCCC(n2c(C)nc3c2CCCC3)C1. The van der Waals surface area contributed by atoms with E-state index in [0.717, 1.165) is 31.5 Å². The number of nitrogens with two attached hydrogens (primary N) is 1. The lowest BCUT2D eigenvalue weighted by molar-refractivity contribution is -0.149. The number of methoxy groups -OCH3 is 1. The Bertz CT molecular complexity index is 552. The van der Waals surface area contributed by atoms with E-state index in [4.69, 9.17) is 15.5 Å². The fourth-order valence-corrected chi connectivity index (χ4v) is 4.07. The second kappa shape index (κ2) is 5.44. The van der Waals surface area contributed by atoms with E-state index in [-0.39, 0.29) is 12.0 Å². The van der Waals surface area contributed by atoms with Gasteiger partial charge < -0.3 is 15.0 Å². The highest BCUT2D eigenvalue weighted by Crippen LogP contribution is 2.37. The van der Waals surface area contributed by atoms with Gasteiger partial charge in [0.1, 0.15) is 11.4 Å². The molecule has 116 valence electrons. The summed E-state index contributed by atoms with van der Waals surface area (Å²) in [5, 5.41) is 0. The summed E-state index contributed by atoms with van der Waals surface area (Å²) in [6.45, 7) is 2.07. The van der Waals surface area contributed by atoms with Gasteiger partial charge in [0, 0.05) is 11.7 Å². The smallest absolute Gasteiger partial charge is 0.325 e. The van der Waals surface area contributed by atoms with E-state index in [1.54, 1.807) is 0 Å². The molecule has 21 heavy (non-hydrogen) atoms. The minimum absolute atomic E-state index is 0.275. The molecule has 2 unspecified atom stereocenters. The number of aromatic nitrogens is 2. The molecule has 1 aromatic heterocycles. The molecule has 5 heteroatoms. The van der Waals surface area contributed by atoms with E-state index in [1.807, 2.05) is 0 Å². The summed E-state index contributed by atoms with van der Waals surface area (Å²) in [5.41, 5.74) is 8.12. The van der Waals surface area contributed by atoms with Crippen LogP contribution in [0.4, 0.5) is 0 Å². The third-order valence-electron chi connectivity index (χ3n) is 5.06. The molecule has 0 amide bonds. The summed E-state index contributed by atoms with van der Waals surface area (Å²) < 4.78 is 7.27. The molecule has 2 atom stereocenters. The minimum atomic E-state index is -0.837. The number of nitrogens with zero attached hydrogens (tertiary/aromatic N) is 2. The van der Waals surface area contributed by atoms with Crippen LogP contribution in [0.2, 0.25) is 0 Å². The number of esters is 1. The molecule has 0 radical (unpaired) electrons. The number of imidazole rings is 1. The Labute approximate surface area is 125 Å². The predicted octanol–water partition coefficient (Wildman–Crippen LogP) is 2.06. The first-order valence-corrected chi connectivity index (χ1v) is 7.99. The topological polar surface area (TPSA) is 70.1 Å². The van der Waals surface area contributed by atoms with Crippen molar-refractivity contribution < 1.29 is 9.53 Å². The van der Waals surface area contributed by atoms with E-state index in [2.05, 4.69) is 11.5 Å². The van der Waals surface area contributed by atoms with Crippen molar-refractivity contribution in [2.24, 2.45) is 5.73 Å². The Balaban J connectivity index is 1.90. The molecule has 1 aromatic rings. The third kappa shape index (κ3) is 2.48. The normalized spacial score (nSPS) is 29.0. The largest absolute Gasteiger partial charge is 0.468 e. The highest BCUT2D eigenvalue weighted by atomic mass is 16.5. The van der Waals surface area contributed by atoms with Crippen LogP contribution in [0.5, 0.6) is 0 Å². The Morgan fingerprint density at radius 2 is 2.14 bits per heavy atom. The third-order valence-corrected chi connectivity index (χ3v) is 5.06. The molecule has 1 saturated carbocycles. The zero-order chi connectivity index (χ0) is 15.0. The summed E-state index contributed by atoms with van der Waals surface area (Å²) in [4.78, 5) is 16.8. The molecule has 1 heterocycles. The van der Waals surface area contributed by atoms with Gasteiger partial charge in [-0.25, -0.2) is 4.98 Å². The second-order valence-electron chi connectivity index (χ2n) is 6.53. The number of hydrogen-bond donors (Lipinski definition) is 1. The van der Waals surface area contributed by atoms with Crippen molar-refractivity contribution >= 4 is 5.97 Å². The van der Waals surface area contributed by atoms with Crippen LogP contribution in [0, 0.1) is 6.92 Å². The van der Waals surface area contributed by atoms with Crippen LogP contribution >= 0.6 is 0 Å². The monoisotopic (exact) mass is 291 g/mol. The van der Waals surface area contributed by atoms with Gasteiger partial charge in [-0.15, -0.1) is 0 Å². The van der Waals surface area contributed by atoms with Crippen LogP contribution in [0.3, 0.4) is 0 Å². The molecule has 3 rings (SSSR count). The van der Waals surface area contributed by atoms with Crippen molar-refractivity contribution in [2.75, 3.05) is 7.11 Å². The van der Waals surface area contributed by atoms with Crippen LogP contribution in [0.15, 0.2) is 0 Å². The summed E-state index contributed by atoms with van der Waals surface area (Å²) in [5.74, 6) is 0.792. The Kier molecular flexibility index (Phi) is 3.78. The summed E-state index contributed by atoms with van der Waals surface area (Å²) in [6.07, 6.45) is 8.05. The molecule has 1 fully saturated rings. The molecule has 2 aliphatic rings. The lowest BCUT2D eigenvalue weighted by atomic mass is 9.79. The lowest BCUT2D eigenvalue weighted by Crippen LogP contribution is -2.52. The Morgan fingerprint density at radius 3 is 2.90 bits per heavy atom. The Morgan fingerprint density at radius 1 is 1.38 bits per heavy atom. The Hall–Kier alpha value is -1.36. The lowest BCUT2D eigenvalue weighted by Gasteiger charge is -2.37. The molecule has 0 aliphatic heterocycles. The van der Waals surface area contributed by atoms with E-state index in [0.29, 0.717) is 12.8 Å². The van der Waals surface area contributed by atoms with Crippen molar-refractivity contribution in [3.63, 3.8) is 0 Å². The van der Waals surface area contributed by atoms with Gasteiger partial charge in [-0.05, 0) is 58.3 Å². The van der Waals surface area contributed by atoms with Crippen LogP contribution in [-0.4, -0.2) is 28.2 Å². The minimum Gasteiger partial charge on any atom is -0.468 e. The first kappa shape index (κ1) is 14.6. The molecule has 0 spiro atoms. The van der Waals surface area contributed by atoms with Crippen LogP contribution in [0.1, 0.15) is 61.8 Å². The highest BCUT2D eigenvalue weighted by Gasteiger charge is 2.41. The van der Waals surface area contributed by atoms with Crippen molar-refractivity contribution in [3.8, 4) is 0 Å². The first-order chi connectivity index (χ1) is 10.0. The summed E-state index contributed by atoms with van der Waals surface area (Å²) in [7, 11) is 1.42. The molecule has 0 bridgehead atoms. The molecule has 2 N–H and O–H groups in total. The van der Waals surface area contributed by atoms with Gasteiger partial charge in [0.15, 0.2) is 0 Å². The number of carbonyl (C=O) groups excluding carboxylic acids is 1. The van der Waals surface area contributed by atoms with Gasteiger partial charge in [0.25, 0.3) is 0 Å². The maximum atomic E-state index is 12.0. The zero-order valence-corrected chi connectivity index (χ0v) is 13.0. The standard InChI is InChI=1S/C16H25N3O2/c1-11-18-13-7-3-4-8-14(13)19(11)12-6-5-9-16(17,10-12)15(20)21-2/h12H,3-10,17H2,1-2H3. The molecule has 0 aromatic carbocycles. The molecular formula is C16H25N3O2. The van der Waals surface area contributed by atoms with Gasteiger partial charge >= 0.3 is 5.97 Å². The number of aryl methyl sites for hydroxylation is 2. The van der Waals surface area contributed by atoms with Crippen molar-refractivity contribution in [1.29, 1.82) is 0 Å². The average molecular weight is 291 g/mol. The van der Waals surface area contributed by atoms with E-state index >= 15 is 0 Å². The number of carbonyl (C=O) groups is 1. The number of ether oxygens (including phenoxy) is 1. The molecule has 5 nitrogen and oxygen atoms in total. The van der Waals surface area contributed by atoms with Crippen LogP contribution < -0.4 is 5.73 Å².